The van der Waals surface area contributed by atoms with Gasteiger partial charge in [0.2, 0.25) is 11.7 Å². The van der Waals surface area contributed by atoms with Crippen LogP contribution < -0.4 is 9.47 Å². The lowest BCUT2D eigenvalue weighted by molar-refractivity contribution is -0.136. The van der Waals surface area contributed by atoms with E-state index in [-0.39, 0.29) is 25.1 Å². The van der Waals surface area contributed by atoms with E-state index in [0.29, 0.717) is 17.5 Å². The van der Waals surface area contributed by atoms with E-state index in [1.807, 2.05) is 70.2 Å². The zero-order chi connectivity index (χ0) is 21.7. The monoisotopic (exact) mass is 409 g/mol. The molecule has 0 atom stereocenters. The fraction of sp³-hybridized carbons (Fsp3) is 0.348. The van der Waals surface area contributed by atoms with Gasteiger partial charge >= 0.3 is 0 Å². The first kappa shape index (κ1) is 21.4. The van der Waals surface area contributed by atoms with Crippen LogP contribution in [0.3, 0.4) is 0 Å². The van der Waals surface area contributed by atoms with Crippen molar-refractivity contribution in [3.05, 3.63) is 59.5 Å². The van der Waals surface area contributed by atoms with Crippen LogP contribution in [0.25, 0.3) is 11.4 Å². The summed E-state index contributed by atoms with van der Waals surface area (Å²) < 4.78 is 16.3. The van der Waals surface area contributed by atoms with Crippen molar-refractivity contribution in [2.45, 2.75) is 40.3 Å². The third-order valence-corrected chi connectivity index (χ3v) is 4.97. The Morgan fingerprint density at radius 3 is 2.53 bits per heavy atom. The second-order valence-corrected chi connectivity index (χ2v) is 7.34. The Morgan fingerprint density at radius 2 is 1.87 bits per heavy atom. The molecule has 0 aliphatic heterocycles. The van der Waals surface area contributed by atoms with Crippen molar-refractivity contribution < 1.29 is 18.8 Å². The molecule has 0 radical (unpaired) electrons. The number of benzene rings is 2. The molecule has 3 aromatic rings. The normalized spacial score (nSPS) is 10.9. The van der Waals surface area contributed by atoms with Gasteiger partial charge in [0, 0.05) is 11.6 Å². The van der Waals surface area contributed by atoms with Crippen LogP contribution in [-0.4, -0.2) is 40.7 Å². The predicted molar refractivity (Wildman–Crippen MR) is 113 cm³/mol. The van der Waals surface area contributed by atoms with E-state index in [1.165, 1.54) is 0 Å². The van der Waals surface area contributed by atoms with Crippen molar-refractivity contribution >= 4 is 5.91 Å². The molecule has 0 bridgehead atoms. The minimum Gasteiger partial charge on any atom is -0.497 e. The summed E-state index contributed by atoms with van der Waals surface area (Å²) in [5.74, 6) is 2.16. The summed E-state index contributed by atoms with van der Waals surface area (Å²) in [6.07, 6.45) is 0. The highest BCUT2D eigenvalue weighted by atomic mass is 16.5. The van der Waals surface area contributed by atoms with Crippen LogP contribution in [0.5, 0.6) is 11.5 Å². The van der Waals surface area contributed by atoms with Crippen LogP contribution in [0.1, 0.15) is 30.9 Å². The van der Waals surface area contributed by atoms with Gasteiger partial charge in [-0.25, -0.2) is 0 Å². The maximum atomic E-state index is 12.8. The standard InChI is InChI=1S/C23H27N3O4/c1-15(2)26(22(27)14-29-20-8-6-7-16(3)17(20)4)13-21-24-23(25-30-21)18-9-11-19(28-5)12-10-18/h6-12,15H,13-14H2,1-5H3. The number of hydrogen-bond donors (Lipinski definition) is 0. The molecule has 7 heteroatoms. The maximum Gasteiger partial charge on any atom is 0.261 e. The average molecular weight is 409 g/mol. The predicted octanol–water partition coefficient (Wildman–Crippen LogP) is 4.18. The van der Waals surface area contributed by atoms with Crippen molar-refractivity contribution in [3.8, 4) is 22.9 Å². The van der Waals surface area contributed by atoms with Crippen molar-refractivity contribution in [2.24, 2.45) is 0 Å². The van der Waals surface area contributed by atoms with Crippen molar-refractivity contribution in [3.63, 3.8) is 0 Å². The minimum atomic E-state index is -0.143. The van der Waals surface area contributed by atoms with E-state index in [1.54, 1.807) is 12.0 Å². The van der Waals surface area contributed by atoms with Gasteiger partial charge in [0.15, 0.2) is 6.61 Å². The molecule has 2 aromatic carbocycles. The summed E-state index contributed by atoms with van der Waals surface area (Å²) in [6, 6.07) is 13.1. The van der Waals surface area contributed by atoms with E-state index < -0.39 is 0 Å². The van der Waals surface area contributed by atoms with Crippen LogP contribution in [0, 0.1) is 13.8 Å². The number of aryl methyl sites for hydroxylation is 1. The number of rotatable bonds is 8. The fourth-order valence-corrected chi connectivity index (χ4v) is 2.98. The molecule has 7 nitrogen and oxygen atoms in total. The number of methoxy groups -OCH3 is 1. The van der Waals surface area contributed by atoms with Crippen molar-refractivity contribution in [1.29, 1.82) is 0 Å². The fourth-order valence-electron chi connectivity index (χ4n) is 2.98. The maximum absolute atomic E-state index is 12.8. The van der Waals surface area contributed by atoms with Crippen LogP contribution in [-0.2, 0) is 11.3 Å². The molecular formula is C23H27N3O4. The Kier molecular flexibility index (Phi) is 6.72. The Hall–Kier alpha value is -3.35. The third kappa shape index (κ3) is 4.97. The highest BCUT2D eigenvalue weighted by molar-refractivity contribution is 5.78. The first-order valence-electron chi connectivity index (χ1n) is 9.84. The molecule has 3 rings (SSSR count). The van der Waals surface area contributed by atoms with Gasteiger partial charge < -0.3 is 18.9 Å². The lowest BCUT2D eigenvalue weighted by atomic mass is 10.1. The van der Waals surface area contributed by atoms with E-state index >= 15 is 0 Å². The Labute approximate surface area is 176 Å². The van der Waals surface area contributed by atoms with Gasteiger partial charge in [0.05, 0.1) is 7.11 Å². The van der Waals surface area contributed by atoms with E-state index in [9.17, 15) is 4.79 Å². The number of carbonyl (C=O) groups excluding carboxylic acids is 1. The molecular weight excluding hydrogens is 382 g/mol. The van der Waals surface area contributed by atoms with Crippen LogP contribution in [0.15, 0.2) is 47.0 Å². The number of hydrogen-bond acceptors (Lipinski definition) is 6. The van der Waals surface area contributed by atoms with Crippen LogP contribution >= 0.6 is 0 Å². The molecule has 0 spiro atoms. The largest absolute Gasteiger partial charge is 0.497 e. The highest BCUT2D eigenvalue weighted by Gasteiger charge is 2.21. The second-order valence-electron chi connectivity index (χ2n) is 7.34. The van der Waals surface area contributed by atoms with Crippen LogP contribution in [0.4, 0.5) is 0 Å². The molecule has 1 heterocycles. The second kappa shape index (κ2) is 9.43. The lowest BCUT2D eigenvalue weighted by Crippen LogP contribution is -2.39. The molecule has 30 heavy (non-hydrogen) atoms. The molecule has 0 unspecified atom stereocenters. The number of ether oxygens (including phenoxy) is 2. The zero-order valence-electron chi connectivity index (χ0n) is 18.0. The number of aromatic nitrogens is 2. The SMILES string of the molecule is COc1ccc(-c2noc(CN(C(=O)COc3cccc(C)c3C)C(C)C)n2)cc1. The summed E-state index contributed by atoms with van der Waals surface area (Å²) in [7, 11) is 1.61. The van der Waals surface area contributed by atoms with Crippen LogP contribution in [0.2, 0.25) is 0 Å². The number of amides is 1. The van der Waals surface area contributed by atoms with E-state index in [2.05, 4.69) is 10.1 Å². The summed E-state index contributed by atoms with van der Waals surface area (Å²) in [6.45, 7) is 8.04. The quantitative estimate of drug-likeness (QED) is 0.555. The first-order valence-corrected chi connectivity index (χ1v) is 9.84. The zero-order valence-corrected chi connectivity index (χ0v) is 18.0. The molecule has 0 fully saturated rings. The third-order valence-electron chi connectivity index (χ3n) is 4.97. The van der Waals surface area contributed by atoms with Gasteiger partial charge in [-0.2, -0.15) is 4.98 Å². The van der Waals surface area contributed by atoms with E-state index in [0.717, 1.165) is 22.4 Å². The summed E-state index contributed by atoms with van der Waals surface area (Å²) in [5.41, 5.74) is 2.96. The van der Waals surface area contributed by atoms with Gasteiger partial charge in [0.1, 0.15) is 18.0 Å². The molecule has 1 aromatic heterocycles. The van der Waals surface area contributed by atoms with Crippen molar-refractivity contribution in [1.82, 2.24) is 15.0 Å². The molecule has 158 valence electrons. The molecule has 0 N–H and O–H groups in total. The summed E-state index contributed by atoms with van der Waals surface area (Å²) in [4.78, 5) is 18.9. The summed E-state index contributed by atoms with van der Waals surface area (Å²) in [5, 5.41) is 4.03. The minimum absolute atomic E-state index is 0.0453. The average Bonchev–Trinajstić information content (AvgIpc) is 3.21. The number of carbonyl (C=O) groups is 1. The molecule has 1 amide bonds. The van der Waals surface area contributed by atoms with Gasteiger partial charge in [0.25, 0.3) is 5.91 Å². The van der Waals surface area contributed by atoms with Crippen molar-refractivity contribution in [2.75, 3.05) is 13.7 Å². The molecule has 0 aliphatic rings. The highest BCUT2D eigenvalue weighted by Crippen LogP contribution is 2.22. The van der Waals surface area contributed by atoms with Gasteiger partial charge in [-0.3, -0.25) is 4.79 Å². The Bertz CT molecular complexity index is 996. The van der Waals surface area contributed by atoms with E-state index in [4.69, 9.17) is 14.0 Å². The topological polar surface area (TPSA) is 77.7 Å². The molecule has 0 aliphatic carbocycles. The molecule has 0 saturated heterocycles. The summed E-state index contributed by atoms with van der Waals surface area (Å²) >= 11 is 0. The lowest BCUT2D eigenvalue weighted by Gasteiger charge is -2.25. The Morgan fingerprint density at radius 1 is 1.13 bits per heavy atom. The Balaban J connectivity index is 1.67. The number of nitrogens with zero attached hydrogens (tertiary/aromatic N) is 3. The van der Waals surface area contributed by atoms with Gasteiger partial charge in [-0.05, 0) is 69.2 Å². The van der Waals surface area contributed by atoms with Gasteiger partial charge in [-0.15, -0.1) is 0 Å². The molecule has 0 saturated carbocycles. The van der Waals surface area contributed by atoms with Gasteiger partial charge in [-0.1, -0.05) is 17.3 Å². The first-order chi connectivity index (χ1) is 14.4. The smallest absolute Gasteiger partial charge is 0.261 e.